The molecule has 1 aromatic carbocycles. The second kappa shape index (κ2) is 6.63. The zero-order valence-corrected chi connectivity index (χ0v) is 14.4. The van der Waals surface area contributed by atoms with E-state index >= 15 is 0 Å². The van der Waals surface area contributed by atoms with Crippen molar-refractivity contribution in [2.24, 2.45) is 5.41 Å². The fraction of sp³-hybridized carbons (Fsp3) is 0.500. The molecule has 0 spiro atoms. The SMILES string of the molecule is CC(=O)C1(C(NC(=O)OC(C)(C)C)c2ccccc2)CCOC1=O. The molecule has 0 bridgehead atoms. The van der Waals surface area contributed by atoms with Crippen molar-refractivity contribution >= 4 is 17.8 Å². The number of nitrogens with one attached hydrogen (secondary N) is 1. The number of hydrogen-bond donors (Lipinski definition) is 1. The van der Waals surface area contributed by atoms with Gasteiger partial charge >= 0.3 is 12.1 Å². The predicted molar refractivity (Wildman–Crippen MR) is 87.2 cm³/mol. The highest BCUT2D eigenvalue weighted by Crippen LogP contribution is 2.43. The molecule has 1 fully saturated rings. The van der Waals surface area contributed by atoms with Crippen LogP contribution in [0.2, 0.25) is 0 Å². The van der Waals surface area contributed by atoms with E-state index in [1.165, 1.54) is 6.92 Å². The van der Waals surface area contributed by atoms with Crippen LogP contribution in [0.5, 0.6) is 0 Å². The van der Waals surface area contributed by atoms with Gasteiger partial charge in [0.05, 0.1) is 12.6 Å². The molecule has 1 heterocycles. The maximum Gasteiger partial charge on any atom is 0.408 e. The van der Waals surface area contributed by atoms with E-state index in [1.807, 2.05) is 6.07 Å². The van der Waals surface area contributed by atoms with Crippen LogP contribution < -0.4 is 5.32 Å². The molecule has 1 aliphatic heterocycles. The molecule has 2 unspecified atom stereocenters. The third-order valence-corrected chi connectivity index (χ3v) is 4.01. The number of ketones is 1. The molecule has 24 heavy (non-hydrogen) atoms. The molecule has 1 amide bonds. The van der Waals surface area contributed by atoms with Crippen molar-refractivity contribution in [2.75, 3.05) is 6.61 Å². The minimum absolute atomic E-state index is 0.151. The molecule has 6 heteroatoms. The summed E-state index contributed by atoms with van der Waals surface area (Å²) < 4.78 is 10.4. The summed E-state index contributed by atoms with van der Waals surface area (Å²) in [4.78, 5) is 37.0. The Morgan fingerprint density at radius 2 is 1.88 bits per heavy atom. The van der Waals surface area contributed by atoms with E-state index in [0.717, 1.165) is 0 Å². The van der Waals surface area contributed by atoms with Gasteiger partial charge in [-0.05, 0) is 33.3 Å². The lowest BCUT2D eigenvalue weighted by Gasteiger charge is -2.33. The number of carbonyl (C=O) groups is 3. The smallest absolute Gasteiger partial charge is 0.408 e. The second-order valence-electron chi connectivity index (χ2n) is 6.90. The van der Waals surface area contributed by atoms with Crippen molar-refractivity contribution in [2.45, 2.75) is 45.8 Å². The van der Waals surface area contributed by atoms with Crippen LogP contribution >= 0.6 is 0 Å². The van der Waals surface area contributed by atoms with Crippen LogP contribution in [-0.2, 0) is 19.1 Å². The first-order valence-corrected chi connectivity index (χ1v) is 7.89. The molecular weight excluding hydrogens is 310 g/mol. The van der Waals surface area contributed by atoms with Crippen molar-refractivity contribution in [3.63, 3.8) is 0 Å². The number of alkyl carbamates (subject to hydrolysis) is 1. The first-order valence-electron chi connectivity index (χ1n) is 7.89. The molecule has 6 nitrogen and oxygen atoms in total. The van der Waals surface area contributed by atoms with Crippen LogP contribution in [0, 0.1) is 5.41 Å². The fourth-order valence-electron chi connectivity index (χ4n) is 2.88. The lowest BCUT2D eigenvalue weighted by Crippen LogP contribution is -2.49. The first kappa shape index (κ1) is 18.0. The normalized spacial score (nSPS) is 21.8. The van der Waals surface area contributed by atoms with E-state index in [-0.39, 0.29) is 18.8 Å². The molecule has 0 aliphatic carbocycles. The van der Waals surface area contributed by atoms with Crippen molar-refractivity contribution in [1.82, 2.24) is 5.32 Å². The van der Waals surface area contributed by atoms with Gasteiger partial charge in [0, 0.05) is 6.42 Å². The maximum atomic E-state index is 12.4. The largest absolute Gasteiger partial charge is 0.465 e. The summed E-state index contributed by atoms with van der Waals surface area (Å²) >= 11 is 0. The summed E-state index contributed by atoms with van der Waals surface area (Å²) in [7, 11) is 0. The van der Waals surface area contributed by atoms with Gasteiger partial charge in [0.15, 0.2) is 5.41 Å². The zero-order valence-electron chi connectivity index (χ0n) is 14.4. The molecule has 130 valence electrons. The van der Waals surface area contributed by atoms with E-state index in [1.54, 1.807) is 45.0 Å². The van der Waals surface area contributed by atoms with Gasteiger partial charge in [0.1, 0.15) is 11.4 Å². The monoisotopic (exact) mass is 333 g/mol. The average molecular weight is 333 g/mol. The van der Waals surface area contributed by atoms with Crippen molar-refractivity contribution in [3.8, 4) is 0 Å². The average Bonchev–Trinajstić information content (AvgIpc) is 2.86. The summed E-state index contributed by atoms with van der Waals surface area (Å²) in [6.07, 6.45) is -0.465. The molecule has 1 aliphatic rings. The van der Waals surface area contributed by atoms with Crippen LogP contribution in [0.3, 0.4) is 0 Å². The van der Waals surface area contributed by atoms with Crippen LogP contribution in [0.1, 0.15) is 45.7 Å². The Balaban J connectivity index is 2.42. The van der Waals surface area contributed by atoms with Gasteiger partial charge in [-0.3, -0.25) is 9.59 Å². The van der Waals surface area contributed by atoms with Gasteiger partial charge in [-0.2, -0.15) is 0 Å². The lowest BCUT2D eigenvalue weighted by atomic mass is 9.73. The maximum absolute atomic E-state index is 12.4. The number of ether oxygens (including phenoxy) is 2. The molecule has 0 radical (unpaired) electrons. The Hall–Kier alpha value is -2.37. The van der Waals surface area contributed by atoms with Crippen LogP contribution in [0.25, 0.3) is 0 Å². The summed E-state index contributed by atoms with van der Waals surface area (Å²) in [5, 5.41) is 2.70. The molecule has 1 saturated heterocycles. The molecule has 1 aromatic rings. The van der Waals surface area contributed by atoms with Gasteiger partial charge < -0.3 is 14.8 Å². The fourth-order valence-corrected chi connectivity index (χ4v) is 2.88. The van der Waals surface area contributed by atoms with Crippen molar-refractivity contribution < 1.29 is 23.9 Å². The third-order valence-electron chi connectivity index (χ3n) is 4.01. The summed E-state index contributed by atoms with van der Waals surface area (Å²) in [5.74, 6) is -0.949. The molecular formula is C18H23NO5. The number of esters is 1. The van der Waals surface area contributed by atoms with Crippen LogP contribution in [-0.4, -0.2) is 30.1 Å². The van der Waals surface area contributed by atoms with E-state index in [9.17, 15) is 14.4 Å². The van der Waals surface area contributed by atoms with Gasteiger partial charge in [-0.1, -0.05) is 30.3 Å². The Bertz CT molecular complexity index is 635. The number of hydrogen-bond acceptors (Lipinski definition) is 5. The van der Waals surface area contributed by atoms with E-state index in [0.29, 0.717) is 5.56 Å². The highest BCUT2D eigenvalue weighted by atomic mass is 16.6. The zero-order chi connectivity index (χ0) is 18.0. The number of cyclic esters (lactones) is 1. The topological polar surface area (TPSA) is 81.7 Å². The van der Waals surface area contributed by atoms with Gasteiger partial charge in [-0.25, -0.2) is 4.79 Å². The van der Waals surface area contributed by atoms with Crippen LogP contribution in [0.4, 0.5) is 4.79 Å². The minimum Gasteiger partial charge on any atom is -0.465 e. The summed E-state index contributed by atoms with van der Waals surface area (Å²) in [6, 6.07) is 8.07. The number of Topliss-reactive ketones (excluding diaryl/α,β-unsaturated/α-hetero) is 1. The van der Waals surface area contributed by atoms with Crippen LogP contribution in [0.15, 0.2) is 30.3 Å². The highest BCUT2D eigenvalue weighted by molar-refractivity contribution is 6.05. The van der Waals surface area contributed by atoms with Gasteiger partial charge in [-0.15, -0.1) is 0 Å². The number of benzene rings is 1. The Morgan fingerprint density at radius 3 is 2.33 bits per heavy atom. The molecule has 1 N–H and O–H groups in total. The van der Waals surface area contributed by atoms with Crippen molar-refractivity contribution in [3.05, 3.63) is 35.9 Å². The molecule has 0 aromatic heterocycles. The Morgan fingerprint density at radius 1 is 1.25 bits per heavy atom. The standard InChI is InChI=1S/C18H23NO5/c1-12(20)18(10-11-23-15(18)21)14(13-8-6-5-7-9-13)19-16(22)24-17(2,3)4/h5-9,14H,10-11H2,1-4H3,(H,19,22). The Kier molecular flexibility index (Phi) is 4.96. The molecule has 2 atom stereocenters. The van der Waals surface area contributed by atoms with Crippen molar-refractivity contribution in [1.29, 1.82) is 0 Å². The number of carbonyl (C=O) groups excluding carboxylic acids is 3. The van der Waals surface area contributed by atoms with E-state index in [2.05, 4.69) is 5.32 Å². The number of amides is 1. The third kappa shape index (κ3) is 3.58. The lowest BCUT2D eigenvalue weighted by molar-refractivity contribution is -0.152. The van der Waals surface area contributed by atoms with Gasteiger partial charge in [0.25, 0.3) is 0 Å². The van der Waals surface area contributed by atoms with E-state index in [4.69, 9.17) is 9.47 Å². The first-order chi connectivity index (χ1) is 11.2. The molecule has 0 saturated carbocycles. The molecule has 2 rings (SSSR count). The quantitative estimate of drug-likeness (QED) is 0.677. The highest BCUT2D eigenvalue weighted by Gasteiger charge is 2.56. The predicted octanol–water partition coefficient (Wildman–Crippen LogP) is 2.77. The Labute approximate surface area is 141 Å². The van der Waals surface area contributed by atoms with Gasteiger partial charge in [0.2, 0.25) is 0 Å². The second-order valence-corrected chi connectivity index (χ2v) is 6.90. The minimum atomic E-state index is -1.43. The van der Waals surface area contributed by atoms with E-state index < -0.39 is 29.1 Å². The summed E-state index contributed by atoms with van der Waals surface area (Å²) in [5.41, 5.74) is -1.47. The summed E-state index contributed by atoms with van der Waals surface area (Å²) in [6.45, 7) is 6.73. The number of rotatable bonds is 4.